The summed E-state index contributed by atoms with van der Waals surface area (Å²) in [7, 11) is -5.79. The van der Waals surface area contributed by atoms with E-state index < -0.39 is 27.0 Å². The molecule has 1 aliphatic carbocycles. The molecule has 5 nitrogen and oxygen atoms in total. The zero-order valence-corrected chi connectivity index (χ0v) is 17.6. The lowest BCUT2D eigenvalue weighted by Crippen LogP contribution is -2.37. The zero-order valence-electron chi connectivity index (χ0n) is 16.8. The maximum absolute atomic E-state index is 12.9. The Morgan fingerprint density at radius 2 is 1.97 bits per heavy atom. The molecule has 0 unspecified atom stereocenters. The molecule has 0 heterocycles. The molecular formula is C21H25F3O5S. The van der Waals surface area contributed by atoms with Crippen molar-refractivity contribution in [1.29, 1.82) is 0 Å². The van der Waals surface area contributed by atoms with Crippen LogP contribution in [0.15, 0.2) is 54.8 Å². The number of ether oxygens (including phenoxy) is 1. The van der Waals surface area contributed by atoms with Crippen LogP contribution < -0.4 is 0 Å². The van der Waals surface area contributed by atoms with Gasteiger partial charge in [-0.3, -0.25) is 0 Å². The highest BCUT2D eigenvalue weighted by molar-refractivity contribution is 7.87. The van der Waals surface area contributed by atoms with Crippen LogP contribution in [0.1, 0.15) is 43.5 Å². The molecule has 166 valence electrons. The van der Waals surface area contributed by atoms with Gasteiger partial charge in [0.15, 0.2) is 0 Å². The number of rotatable bonds is 8. The second kappa shape index (κ2) is 9.24. The van der Waals surface area contributed by atoms with Crippen LogP contribution in [0.4, 0.5) is 13.2 Å². The fourth-order valence-electron chi connectivity index (χ4n) is 3.33. The van der Waals surface area contributed by atoms with Crippen LogP contribution >= 0.6 is 0 Å². The molecule has 0 amide bonds. The molecule has 0 spiro atoms. The summed E-state index contributed by atoms with van der Waals surface area (Å²) in [5.41, 5.74) is -6.11. The molecule has 9 heteroatoms. The van der Waals surface area contributed by atoms with Gasteiger partial charge in [0.1, 0.15) is 5.76 Å². The van der Waals surface area contributed by atoms with Crippen LogP contribution in [-0.4, -0.2) is 26.5 Å². The number of carbonyl (C=O) groups is 1. The Morgan fingerprint density at radius 1 is 1.33 bits per heavy atom. The highest BCUT2D eigenvalue weighted by Gasteiger charge is 2.51. The van der Waals surface area contributed by atoms with E-state index in [0.29, 0.717) is 24.8 Å². The van der Waals surface area contributed by atoms with Crippen LogP contribution in [0.3, 0.4) is 0 Å². The Labute approximate surface area is 174 Å². The highest BCUT2D eigenvalue weighted by atomic mass is 32.2. The Hall–Kier alpha value is -2.29. The standard InChI is InChI=1S/C21H25F3O5S/c1-4-16-10-12-20(3,18(14-16)29-30(26,27)21(22,23)24)15(2)11-13-28-19(25)17-8-6-5-7-9-17/h4-9,14-16H,1,10-13H2,2-3H3/t15-,16+,20+/m1/s1. The molecule has 0 fully saturated rings. The van der Waals surface area contributed by atoms with E-state index in [1.54, 1.807) is 44.2 Å². The normalized spacial score (nSPS) is 23.2. The Bertz CT molecular complexity index is 893. The first kappa shape index (κ1) is 24.0. The SMILES string of the molecule is C=C[C@@H]1C=C(OS(=O)(=O)C(F)(F)F)[C@](C)([C@H](C)CCOC(=O)c2ccccc2)CC1. The Morgan fingerprint density at radius 3 is 2.53 bits per heavy atom. The second-order valence-corrected chi connectivity index (χ2v) is 9.10. The summed E-state index contributed by atoms with van der Waals surface area (Å²) in [6.45, 7) is 7.09. The predicted octanol–water partition coefficient (Wildman–Crippen LogP) is 5.22. The molecule has 30 heavy (non-hydrogen) atoms. The number of hydrogen-bond acceptors (Lipinski definition) is 5. The molecule has 0 saturated carbocycles. The van der Waals surface area contributed by atoms with E-state index in [2.05, 4.69) is 10.8 Å². The van der Waals surface area contributed by atoms with E-state index in [9.17, 15) is 26.4 Å². The van der Waals surface area contributed by atoms with E-state index in [0.717, 1.165) is 0 Å². The Balaban J connectivity index is 2.13. The first-order valence-electron chi connectivity index (χ1n) is 9.48. The maximum atomic E-state index is 12.9. The summed E-state index contributed by atoms with van der Waals surface area (Å²) in [6.07, 6.45) is 4.23. The van der Waals surface area contributed by atoms with Crippen LogP contribution in [0.25, 0.3) is 0 Å². The van der Waals surface area contributed by atoms with E-state index in [1.807, 2.05) is 0 Å². The zero-order chi connectivity index (χ0) is 22.6. The second-order valence-electron chi connectivity index (χ2n) is 7.56. The van der Waals surface area contributed by atoms with E-state index in [4.69, 9.17) is 4.74 Å². The minimum atomic E-state index is -5.79. The number of benzene rings is 1. The minimum absolute atomic E-state index is 0.0364. The smallest absolute Gasteiger partial charge is 0.462 e. The van der Waals surface area contributed by atoms with Gasteiger partial charge in [-0.25, -0.2) is 4.79 Å². The van der Waals surface area contributed by atoms with E-state index in [-0.39, 0.29) is 24.2 Å². The molecule has 2 rings (SSSR count). The number of carbonyl (C=O) groups excluding carboxylic acids is 1. The summed E-state index contributed by atoms with van der Waals surface area (Å²) >= 11 is 0. The van der Waals surface area contributed by atoms with Crippen molar-refractivity contribution < 1.29 is 35.3 Å². The average Bonchev–Trinajstić information content (AvgIpc) is 2.69. The maximum Gasteiger partial charge on any atom is 0.534 e. The summed E-state index contributed by atoms with van der Waals surface area (Å²) in [5.74, 6) is -1.37. The van der Waals surface area contributed by atoms with Gasteiger partial charge in [0.05, 0.1) is 12.2 Å². The van der Waals surface area contributed by atoms with Gasteiger partial charge in [0.25, 0.3) is 0 Å². The molecule has 0 radical (unpaired) electrons. The number of hydrogen-bond donors (Lipinski definition) is 0. The third-order valence-corrected chi connectivity index (χ3v) is 6.56. The quantitative estimate of drug-likeness (QED) is 0.237. The molecule has 1 aromatic carbocycles. The van der Waals surface area contributed by atoms with E-state index in [1.165, 1.54) is 12.2 Å². The fraction of sp³-hybridized carbons (Fsp3) is 0.476. The van der Waals surface area contributed by atoms with Gasteiger partial charge in [-0.2, -0.15) is 21.6 Å². The lowest BCUT2D eigenvalue weighted by atomic mass is 9.67. The topological polar surface area (TPSA) is 69.7 Å². The molecule has 3 atom stereocenters. The van der Waals surface area contributed by atoms with Crippen molar-refractivity contribution >= 4 is 16.1 Å². The molecule has 0 bridgehead atoms. The summed E-state index contributed by atoms with van der Waals surface area (Å²) in [5, 5.41) is 0. The lowest BCUT2D eigenvalue weighted by Gasteiger charge is -2.40. The number of allylic oxidation sites excluding steroid dienone is 3. The number of halogens is 3. The summed E-state index contributed by atoms with van der Waals surface area (Å²) in [4.78, 5) is 12.1. The van der Waals surface area contributed by atoms with Gasteiger partial charge in [-0.1, -0.05) is 38.1 Å². The summed E-state index contributed by atoms with van der Waals surface area (Å²) < 4.78 is 71.6. The van der Waals surface area contributed by atoms with Crippen molar-refractivity contribution in [2.24, 2.45) is 17.3 Å². The average molecular weight is 446 g/mol. The molecule has 1 aliphatic rings. The Kier molecular flexibility index (Phi) is 7.39. The van der Waals surface area contributed by atoms with Crippen molar-refractivity contribution in [2.75, 3.05) is 6.61 Å². The highest BCUT2D eigenvalue weighted by Crippen LogP contribution is 2.48. The number of esters is 1. The lowest BCUT2D eigenvalue weighted by molar-refractivity contribution is -0.0543. The molecule has 0 saturated heterocycles. The van der Waals surface area contributed by atoms with Crippen molar-refractivity contribution in [3.8, 4) is 0 Å². The molecule has 0 aliphatic heterocycles. The van der Waals surface area contributed by atoms with Gasteiger partial charge >= 0.3 is 21.6 Å². The molecule has 1 aromatic rings. The van der Waals surface area contributed by atoms with Gasteiger partial charge in [0.2, 0.25) is 0 Å². The molecule has 0 aromatic heterocycles. The van der Waals surface area contributed by atoms with Gasteiger partial charge in [-0.15, -0.1) is 6.58 Å². The van der Waals surface area contributed by atoms with Gasteiger partial charge in [-0.05, 0) is 49.3 Å². The minimum Gasteiger partial charge on any atom is -0.462 e. The van der Waals surface area contributed by atoms with Crippen LogP contribution in [0, 0.1) is 17.3 Å². The van der Waals surface area contributed by atoms with Gasteiger partial charge in [0, 0.05) is 5.41 Å². The summed E-state index contributed by atoms with van der Waals surface area (Å²) in [6, 6.07) is 8.39. The van der Waals surface area contributed by atoms with Crippen molar-refractivity contribution in [3.05, 3.63) is 60.4 Å². The monoisotopic (exact) mass is 446 g/mol. The first-order chi connectivity index (χ1) is 13.9. The van der Waals surface area contributed by atoms with Crippen LogP contribution in [0.2, 0.25) is 0 Å². The first-order valence-corrected chi connectivity index (χ1v) is 10.9. The third kappa shape index (κ3) is 5.44. The largest absolute Gasteiger partial charge is 0.534 e. The van der Waals surface area contributed by atoms with Crippen LogP contribution in [0.5, 0.6) is 0 Å². The third-order valence-electron chi connectivity index (χ3n) is 5.59. The fourth-order valence-corrected chi connectivity index (χ4v) is 3.90. The molecular weight excluding hydrogens is 421 g/mol. The predicted molar refractivity (Wildman–Crippen MR) is 106 cm³/mol. The van der Waals surface area contributed by atoms with Crippen molar-refractivity contribution in [2.45, 2.75) is 38.6 Å². The van der Waals surface area contributed by atoms with Crippen molar-refractivity contribution in [1.82, 2.24) is 0 Å². The number of alkyl halides is 3. The van der Waals surface area contributed by atoms with Crippen molar-refractivity contribution in [3.63, 3.8) is 0 Å². The molecule has 0 N–H and O–H groups in total. The van der Waals surface area contributed by atoms with Crippen LogP contribution in [-0.2, 0) is 19.0 Å². The van der Waals surface area contributed by atoms with Gasteiger partial charge < -0.3 is 8.92 Å². The van der Waals surface area contributed by atoms with E-state index >= 15 is 0 Å².